The third kappa shape index (κ3) is 3.88. The first-order chi connectivity index (χ1) is 15.0. The number of carbonyl (C=O) groups is 1. The number of carbonyl (C=O) groups excluding carboxylic acids is 1. The molecule has 11 heteroatoms. The van der Waals surface area contributed by atoms with Gasteiger partial charge in [-0.05, 0) is 37.5 Å². The van der Waals surface area contributed by atoms with Gasteiger partial charge < -0.3 is 14.6 Å². The molecular formula is C21H20F5N3O3. The average molecular weight is 457 g/mol. The van der Waals surface area contributed by atoms with Crippen LogP contribution in [0.5, 0.6) is 0 Å². The first-order valence-corrected chi connectivity index (χ1v) is 10.2. The normalized spacial score (nSPS) is 30.8. The lowest BCUT2D eigenvalue weighted by molar-refractivity contribution is -0.357. The highest BCUT2D eigenvalue weighted by Crippen LogP contribution is 2.65. The van der Waals surface area contributed by atoms with Crippen LogP contribution in [0, 0.1) is 11.6 Å². The van der Waals surface area contributed by atoms with Crippen molar-refractivity contribution in [1.82, 2.24) is 14.9 Å². The molecule has 0 spiro atoms. The summed E-state index contributed by atoms with van der Waals surface area (Å²) in [5.74, 6) is -2.15. The molecule has 0 radical (unpaired) electrons. The maximum Gasteiger partial charge on any atom is 0.522 e. The van der Waals surface area contributed by atoms with Crippen molar-refractivity contribution < 1.29 is 36.2 Å². The number of hydrogen-bond donors (Lipinski definition) is 1. The van der Waals surface area contributed by atoms with E-state index >= 15 is 0 Å². The molecule has 1 amide bonds. The molecule has 0 saturated heterocycles. The molecule has 0 atom stereocenters. The highest BCUT2D eigenvalue weighted by molar-refractivity contribution is 5.79. The summed E-state index contributed by atoms with van der Waals surface area (Å²) in [6.07, 6.45) is -0.168. The lowest BCUT2D eigenvalue weighted by Gasteiger charge is -2.70. The monoisotopic (exact) mass is 457 g/mol. The lowest BCUT2D eigenvalue weighted by Crippen LogP contribution is -2.78. The Morgan fingerprint density at radius 3 is 2.53 bits per heavy atom. The molecule has 1 N–H and O–H groups in total. The van der Waals surface area contributed by atoms with Gasteiger partial charge in [-0.15, -0.1) is 13.2 Å². The molecule has 0 aliphatic heterocycles. The second-order valence-corrected chi connectivity index (χ2v) is 8.97. The van der Waals surface area contributed by atoms with E-state index in [0.717, 1.165) is 12.1 Å². The van der Waals surface area contributed by atoms with Crippen molar-refractivity contribution in [3.8, 4) is 11.3 Å². The Labute approximate surface area is 179 Å². The summed E-state index contributed by atoms with van der Waals surface area (Å²) in [6, 6.07) is 3.63. The molecule has 4 aliphatic carbocycles. The molecular weight excluding hydrogens is 437 g/mol. The molecule has 1 aromatic heterocycles. The van der Waals surface area contributed by atoms with Crippen LogP contribution in [-0.2, 0) is 19.8 Å². The third-order valence-electron chi connectivity index (χ3n) is 6.55. The largest absolute Gasteiger partial charge is 0.522 e. The maximum absolute atomic E-state index is 13.5. The van der Waals surface area contributed by atoms with Gasteiger partial charge in [0.2, 0.25) is 5.91 Å². The second-order valence-electron chi connectivity index (χ2n) is 8.97. The van der Waals surface area contributed by atoms with E-state index in [-0.39, 0.29) is 36.4 Å². The van der Waals surface area contributed by atoms with Crippen LogP contribution in [0.1, 0.15) is 32.1 Å². The van der Waals surface area contributed by atoms with Gasteiger partial charge in [-0.2, -0.15) is 0 Å². The van der Waals surface area contributed by atoms with E-state index in [2.05, 4.69) is 15.0 Å². The predicted molar refractivity (Wildman–Crippen MR) is 100 cm³/mol. The van der Waals surface area contributed by atoms with Gasteiger partial charge in [0.15, 0.2) is 11.6 Å². The van der Waals surface area contributed by atoms with E-state index < -0.39 is 30.2 Å². The van der Waals surface area contributed by atoms with Crippen molar-refractivity contribution in [3.63, 3.8) is 0 Å². The van der Waals surface area contributed by atoms with Crippen LogP contribution in [0.25, 0.3) is 11.3 Å². The number of nitrogens with zero attached hydrogens (tertiary/aromatic N) is 2. The number of nitrogens with one attached hydrogen (secondary N) is 1. The first kappa shape index (κ1) is 21.3. The highest BCUT2D eigenvalue weighted by Gasteiger charge is 2.69. The Bertz CT molecular complexity index is 1030. The molecule has 0 unspecified atom stereocenters. The Kier molecular flexibility index (Phi) is 4.82. The quantitative estimate of drug-likeness (QED) is 0.645. The average Bonchev–Trinajstić information content (AvgIpc) is 3.10. The number of aromatic nitrogens is 2. The predicted octanol–water partition coefficient (Wildman–Crippen LogP) is 3.66. The lowest BCUT2D eigenvalue weighted by atomic mass is 9.44. The standard InChI is InChI=1S/C21H20F5N3O3/c22-15-2-1-12(3-16(15)23)17-6-29(11-27-17)20-8-19(9-20,10-20)28-18(30)7-31-13-4-14(5-13)32-21(24,25)26/h1-3,6,11,13-14H,4-5,7-10H2,(H,28,30). The number of hydrogen-bond acceptors (Lipinski definition) is 4. The maximum atomic E-state index is 13.5. The summed E-state index contributed by atoms with van der Waals surface area (Å²) in [7, 11) is 0. The smallest absolute Gasteiger partial charge is 0.368 e. The minimum Gasteiger partial charge on any atom is -0.368 e. The van der Waals surface area contributed by atoms with E-state index in [1.165, 1.54) is 6.07 Å². The van der Waals surface area contributed by atoms with Crippen LogP contribution in [0.3, 0.4) is 0 Å². The number of halogens is 5. The molecule has 1 aromatic carbocycles. The zero-order valence-electron chi connectivity index (χ0n) is 16.8. The zero-order chi connectivity index (χ0) is 22.7. The van der Waals surface area contributed by atoms with Gasteiger partial charge in [0.05, 0.1) is 29.8 Å². The molecule has 6 nitrogen and oxygen atoms in total. The number of rotatable bonds is 7. The van der Waals surface area contributed by atoms with Gasteiger partial charge >= 0.3 is 6.36 Å². The Hall–Kier alpha value is -2.53. The van der Waals surface area contributed by atoms with Crippen LogP contribution in [0.2, 0.25) is 0 Å². The summed E-state index contributed by atoms with van der Waals surface area (Å²) in [6.45, 7) is -0.205. The fraction of sp³-hybridized carbons (Fsp3) is 0.524. The van der Waals surface area contributed by atoms with Crippen LogP contribution < -0.4 is 5.32 Å². The molecule has 2 bridgehead atoms. The molecule has 1 heterocycles. The van der Waals surface area contributed by atoms with Gasteiger partial charge in [0.25, 0.3) is 0 Å². The van der Waals surface area contributed by atoms with Crippen LogP contribution in [0.15, 0.2) is 30.7 Å². The SMILES string of the molecule is O=C(COC1CC(OC(F)(F)F)C1)NC12CC(n3cnc(-c4ccc(F)c(F)c4)c3)(C1)C2. The Balaban J connectivity index is 1.08. The number of alkyl halides is 3. The van der Waals surface area contributed by atoms with Crippen LogP contribution in [-0.4, -0.2) is 46.2 Å². The Morgan fingerprint density at radius 1 is 1.16 bits per heavy atom. The van der Waals surface area contributed by atoms with Crippen molar-refractivity contribution in [1.29, 1.82) is 0 Å². The third-order valence-corrected chi connectivity index (χ3v) is 6.55. The summed E-state index contributed by atoms with van der Waals surface area (Å²) < 4.78 is 74.2. The molecule has 4 saturated carbocycles. The van der Waals surface area contributed by atoms with Gasteiger partial charge in [-0.1, -0.05) is 0 Å². The van der Waals surface area contributed by atoms with Crippen molar-refractivity contribution in [2.24, 2.45) is 0 Å². The van der Waals surface area contributed by atoms with E-state index in [1.807, 2.05) is 4.57 Å². The summed E-state index contributed by atoms with van der Waals surface area (Å²) in [5, 5.41) is 2.96. The summed E-state index contributed by atoms with van der Waals surface area (Å²) in [4.78, 5) is 16.5. The first-order valence-electron chi connectivity index (χ1n) is 10.2. The van der Waals surface area contributed by atoms with Crippen molar-refractivity contribution in [2.75, 3.05) is 6.61 Å². The number of amides is 1. The highest BCUT2D eigenvalue weighted by atomic mass is 19.4. The molecule has 32 heavy (non-hydrogen) atoms. The van der Waals surface area contributed by atoms with Gasteiger partial charge in [0, 0.05) is 30.1 Å². The van der Waals surface area contributed by atoms with Gasteiger partial charge in [-0.3, -0.25) is 9.53 Å². The van der Waals surface area contributed by atoms with E-state index in [4.69, 9.17) is 4.74 Å². The zero-order valence-corrected chi connectivity index (χ0v) is 16.8. The minimum absolute atomic E-state index is 0.113. The summed E-state index contributed by atoms with van der Waals surface area (Å²) >= 11 is 0. The molecule has 6 rings (SSSR count). The Morgan fingerprint density at radius 2 is 1.88 bits per heavy atom. The van der Waals surface area contributed by atoms with E-state index in [0.29, 0.717) is 30.5 Å². The second kappa shape index (κ2) is 7.24. The fourth-order valence-corrected chi connectivity index (χ4v) is 4.99. The van der Waals surface area contributed by atoms with Crippen molar-refractivity contribution in [3.05, 3.63) is 42.4 Å². The van der Waals surface area contributed by atoms with Gasteiger partial charge in [-0.25, -0.2) is 13.8 Å². The van der Waals surface area contributed by atoms with Gasteiger partial charge in [0.1, 0.15) is 6.61 Å². The van der Waals surface area contributed by atoms with E-state index in [1.54, 1.807) is 12.5 Å². The molecule has 2 aromatic rings. The molecule has 172 valence electrons. The summed E-state index contributed by atoms with van der Waals surface area (Å²) in [5.41, 5.74) is 0.546. The van der Waals surface area contributed by atoms with Crippen molar-refractivity contribution in [2.45, 2.75) is 61.8 Å². The fourth-order valence-electron chi connectivity index (χ4n) is 4.99. The number of ether oxygens (including phenoxy) is 2. The van der Waals surface area contributed by atoms with E-state index in [9.17, 15) is 26.7 Å². The minimum atomic E-state index is -4.65. The molecule has 4 fully saturated rings. The topological polar surface area (TPSA) is 65.4 Å². The molecule has 4 aliphatic rings. The van der Waals surface area contributed by atoms with Crippen LogP contribution in [0.4, 0.5) is 22.0 Å². The number of imidazole rings is 1. The van der Waals surface area contributed by atoms with Crippen molar-refractivity contribution >= 4 is 5.91 Å². The van der Waals surface area contributed by atoms with Crippen LogP contribution >= 0.6 is 0 Å². The number of benzene rings is 1.